The van der Waals surface area contributed by atoms with Crippen LogP contribution < -0.4 is 5.32 Å². The molecule has 84 valence electrons. The zero-order valence-corrected chi connectivity index (χ0v) is 9.52. The van der Waals surface area contributed by atoms with Crippen molar-refractivity contribution < 1.29 is 5.11 Å². The summed E-state index contributed by atoms with van der Waals surface area (Å²) in [7, 11) is 0. The lowest BCUT2D eigenvalue weighted by atomic mass is 9.98. The molecule has 0 aromatic rings. The maximum absolute atomic E-state index is 9.36. The van der Waals surface area contributed by atoms with E-state index in [1.165, 1.54) is 38.5 Å². The van der Waals surface area contributed by atoms with Crippen LogP contribution in [-0.4, -0.2) is 23.8 Å². The molecule has 0 heterocycles. The molecule has 2 N–H and O–H groups in total. The van der Waals surface area contributed by atoms with E-state index >= 15 is 0 Å². The third-order valence-electron chi connectivity index (χ3n) is 3.39. The van der Waals surface area contributed by atoms with Crippen LogP contribution in [0.5, 0.6) is 0 Å². The predicted octanol–water partition coefficient (Wildman–Crippen LogP) is 2.46. The van der Waals surface area contributed by atoms with E-state index in [0.29, 0.717) is 6.61 Å². The highest BCUT2D eigenvalue weighted by Gasteiger charge is 2.31. The second kappa shape index (κ2) is 6.41. The van der Waals surface area contributed by atoms with Gasteiger partial charge in [0.1, 0.15) is 0 Å². The molecule has 0 spiro atoms. The van der Waals surface area contributed by atoms with Crippen molar-refractivity contribution in [3.05, 3.63) is 0 Å². The fraction of sp³-hybridized carbons (Fsp3) is 1.00. The highest BCUT2D eigenvalue weighted by atomic mass is 16.3. The van der Waals surface area contributed by atoms with Gasteiger partial charge in [0.15, 0.2) is 0 Å². The van der Waals surface area contributed by atoms with Crippen molar-refractivity contribution in [1.29, 1.82) is 0 Å². The fourth-order valence-corrected chi connectivity index (χ4v) is 2.35. The molecule has 1 saturated carbocycles. The average Bonchev–Trinajstić information content (AvgIpc) is 2.67. The summed E-state index contributed by atoms with van der Waals surface area (Å²) in [6.07, 6.45) is 10.1. The third kappa shape index (κ3) is 3.58. The molecule has 0 aromatic heterocycles. The van der Waals surface area contributed by atoms with Crippen molar-refractivity contribution in [2.24, 2.45) is 0 Å². The SMILES string of the molecule is CCCCCCNC1(CO)CCCC1. The summed E-state index contributed by atoms with van der Waals surface area (Å²) >= 11 is 0. The van der Waals surface area contributed by atoms with Crippen molar-refractivity contribution in [2.45, 2.75) is 63.8 Å². The van der Waals surface area contributed by atoms with Gasteiger partial charge in [0.05, 0.1) is 6.61 Å². The van der Waals surface area contributed by atoms with Crippen molar-refractivity contribution in [3.8, 4) is 0 Å². The van der Waals surface area contributed by atoms with Crippen molar-refractivity contribution >= 4 is 0 Å². The summed E-state index contributed by atoms with van der Waals surface area (Å²) in [6, 6.07) is 0. The van der Waals surface area contributed by atoms with Gasteiger partial charge in [0, 0.05) is 5.54 Å². The number of rotatable bonds is 7. The van der Waals surface area contributed by atoms with Gasteiger partial charge >= 0.3 is 0 Å². The Labute approximate surface area is 88.1 Å². The van der Waals surface area contributed by atoms with Crippen LogP contribution in [-0.2, 0) is 0 Å². The first-order chi connectivity index (χ1) is 6.83. The van der Waals surface area contributed by atoms with Crippen LogP contribution >= 0.6 is 0 Å². The molecule has 0 atom stereocenters. The number of aliphatic hydroxyl groups excluding tert-OH is 1. The number of aliphatic hydroxyl groups is 1. The quantitative estimate of drug-likeness (QED) is 0.617. The summed E-state index contributed by atoms with van der Waals surface area (Å²) in [5.41, 5.74) is 0.0895. The van der Waals surface area contributed by atoms with Gasteiger partial charge in [-0.15, -0.1) is 0 Å². The Morgan fingerprint density at radius 1 is 1.14 bits per heavy atom. The molecule has 1 fully saturated rings. The molecule has 2 nitrogen and oxygen atoms in total. The van der Waals surface area contributed by atoms with Crippen molar-refractivity contribution in [3.63, 3.8) is 0 Å². The van der Waals surface area contributed by atoms with Gasteiger partial charge in [-0.1, -0.05) is 39.0 Å². The molecule has 0 aromatic carbocycles. The monoisotopic (exact) mass is 199 g/mol. The minimum Gasteiger partial charge on any atom is -0.394 e. The normalized spacial score (nSPS) is 20.1. The lowest BCUT2D eigenvalue weighted by Crippen LogP contribution is -2.46. The average molecular weight is 199 g/mol. The van der Waals surface area contributed by atoms with E-state index in [1.807, 2.05) is 0 Å². The molecule has 0 bridgehead atoms. The largest absolute Gasteiger partial charge is 0.394 e. The minimum atomic E-state index is 0.0895. The van der Waals surface area contributed by atoms with Gasteiger partial charge in [0.2, 0.25) is 0 Å². The van der Waals surface area contributed by atoms with E-state index in [4.69, 9.17) is 0 Å². The Hall–Kier alpha value is -0.0800. The molecule has 1 aliphatic carbocycles. The van der Waals surface area contributed by atoms with Crippen LogP contribution in [0.2, 0.25) is 0 Å². The predicted molar refractivity (Wildman–Crippen MR) is 60.4 cm³/mol. The first-order valence-corrected chi connectivity index (χ1v) is 6.19. The van der Waals surface area contributed by atoms with E-state index in [0.717, 1.165) is 19.4 Å². The van der Waals surface area contributed by atoms with E-state index in [1.54, 1.807) is 0 Å². The van der Waals surface area contributed by atoms with E-state index < -0.39 is 0 Å². The van der Waals surface area contributed by atoms with Gasteiger partial charge in [-0.05, 0) is 25.8 Å². The Kier molecular flexibility index (Phi) is 5.49. The summed E-state index contributed by atoms with van der Waals surface area (Å²) in [6.45, 7) is 3.64. The smallest absolute Gasteiger partial charge is 0.0613 e. The second-order valence-electron chi connectivity index (χ2n) is 4.63. The summed E-state index contributed by atoms with van der Waals surface area (Å²) in [5, 5.41) is 12.9. The Balaban J connectivity index is 2.08. The zero-order valence-electron chi connectivity index (χ0n) is 9.52. The molecule has 0 unspecified atom stereocenters. The van der Waals surface area contributed by atoms with Crippen LogP contribution in [0.15, 0.2) is 0 Å². The molecule has 14 heavy (non-hydrogen) atoms. The number of hydrogen-bond donors (Lipinski definition) is 2. The van der Waals surface area contributed by atoms with E-state index in [9.17, 15) is 5.11 Å². The van der Waals surface area contributed by atoms with Crippen molar-refractivity contribution in [1.82, 2.24) is 5.32 Å². The number of nitrogens with one attached hydrogen (secondary N) is 1. The van der Waals surface area contributed by atoms with Crippen LogP contribution in [0.1, 0.15) is 58.3 Å². The highest BCUT2D eigenvalue weighted by Crippen LogP contribution is 2.28. The van der Waals surface area contributed by atoms with E-state index in [2.05, 4.69) is 12.2 Å². The highest BCUT2D eigenvalue weighted by molar-refractivity contribution is 4.91. The fourth-order valence-electron chi connectivity index (χ4n) is 2.35. The van der Waals surface area contributed by atoms with E-state index in [-0.39, 0.29) is 5.54 Å². The van der Waals surface area contributed by atoms with Crippen LogP contribution in [0.25, 0.3) is 0 Å². The van der Waals surface area contributed by atoms with Gasteiger partial charge in [0.25, 0.3) is 0 Å². The topological polar surface area (TPSA) is 32.3 Å². The molecule has 2 heteroatoms. The lowest BCUT2D eigenvalue weighted by molar-refractivity contribution is 0.164. The molecular formula is C12H25NO. The summed E-state index contributed by atoms with van der Waals surface area (Å²) < 4.78 is 0. The Morgan fingerprint density at radius 3 is 2.43 bits per heavy atom. The second-order valence-corrected chi connectivity index (χ2v) is 4.63. The maximum atomic E-state index is 9.36. The van der Waals surface area contributed by atoms with Gasteiger partial charge in [-0.2, -0.15) is 0 Å². The molecule has 1 rings (SSSR count). The third-order valence-corrected chi connectivity index (χ3v) is 3.39. The number of unbranched alkanes of at least 4 members (excludes halogenated alkanes) is 3. The summed E-state index contributed by atoms with van der Waals surface area (Å²) in [5.74, 6) is 0. The molecule has 0 aliphatic heterocycles. The van der Waals surface area contributed by atoms with Crippen LogP contribution in [0.3, 0.4) is 0 Å². The standard InChI is InChI=1S/C12H25NO/c1-2-3-4-7-10-13-12(11-14)8-5-6-9-12/h13-14H,2-11H2,1H3. The number of hydrogen-bond acceptors (Lipinski definition) is 2. The lowest BCUT2D eigenvalue weighted by Gasteiger charge is -2.28. The minimum absolute atomic E-state index is 0.0895. The Bertz CT molecular complexity index is 141. The molecule has 0 radical (unpaired) electrons. The first kappa shape index (κ1) is 12.0. The Morgan fingerprint density at radius 2 is 1.86 bits per heavy atom. The van der Waals surface area contributed by atoms with Gasteiger partial charge in [-0.3, -0.25) is 0 Å². The van der Waals surface area contributed by atoms with Crippen molar-refractivity contribution in [2.75, 3.05) is 13.2 Å². The maximum Gasteiger partial charge on any atom is 0.0613 e. The molecule has 0 amide bonds. The molecular weight excluding hydrogens is 174 g/mol. The van der Waals surface area contributed by atoms with Crippen LogP contribution in [0, 0.1) is 0 Å². The van der Waals surface area contributed by atoms with Crippen LogP contribution in [0.4, 0.5) is 0 Å². The van der Waals surface area contributed by atoms with Gasteiger partial charge in [-0.25, -0.2) is 0 Å². The molecule has 1 aliphatic rings. The zero-order chi connectivity index (χ0) is 10.3. The summed E-state index contributed by atoms with van der Waals surface area (Å²) in [4.78, 5) is 0. The first-order valence-electron chi connectivity index (χ1n) is 6.19. The molecule has 0 saturated heterocycles. The van der Waals surface area contributed by atoms with Gasteiger partial charge < -0.3 is 10.4 Å².